The largest absolute Gasteiger partial charge is 0.466 e. The molecule has 0 bridgehead atoms. The lowest BCUT2D eigenvalue weighted by Crippen LogP contribution is -2.13. The van der Waals surface area contributed by atoms with E-state index in [1.54, 1.807) is 0 Å². The number of nitrogens with one attached hydrogen (secondary N) is 1. The summed E-state index contributed by atoms with van der Waals surface area (Å²) in [6.07, 6.45) is 6.47. The molecular weight excluding hydrogens is 564 g/mol. The Bertz CT molecular complexity index is 1640. The van der Waals surface area contributed by atoms with Crippen LogP contribution in [0.3, 0.4) is 0 Å². The zero-order valence-electron chi connectivity index (χ0n) is 28.3. The molecule has 0 saturated carbocycles. The summed E-state index contributed by atoms with van der Waals surface area (Å²) in [5.74, 6) is 1.14. The SMILES string of the molecule is CCOC(=O)CCCn1cc(Cc2cccc(NC(c3ccc(CC(C)C)cc3)c3ccc(CC(C)C)cc3)c2)c2ccccc21. The fraction of sp³-hybridized carbons (Fsp3) is 0.357. The van der Waals surface area contributed by atoms with E-state index in [4.69, 9.17) is 4.74 Å². The van der Waals surface area contributed by atoms with E-state index in [1.165, 1.54) is 44.3 Å². The smallest absolute Gasteiger partial charge is 0.305 e. The first kappa shape index (κ1) is 33.1. The minimum atomic E-state index is -0.125. The van der Waals surface area contributed by atoms with Crippen molar-refractivity contribution in [3.05, 3.63) is 137 Å². The van der Waals surface area contributed by atoms with Crippen LogP contribution < -0.4 is 5.32 Å². The molecule has 0 fully saturated rings. The highest BCUT2D eigenvalue weighted by molar-refractivity contribution is 5.84. The number of para-hydroxylation sites is 1. The maximum absolute atomic E-state index is 11.9. The number of aromatic nitrogens is 1. The zero-order valence-corrected chi connectivity index (χ0v) is 28.3. The number of benzene rings is 4. The number of rotatable bonds is 15. The first-order valence-electron chi connectivity index (χ1n) is 17.0. The van der Waals surface area contributed by atoms with Crippen LogP contribution in [0.4, 0.5) is 5.69 Å². The number of ether oxygens (including phenoxy) is 1. The molecule has 0 aliphatic carbocycles. The minimum Gasteiger partial charge on any atom is -0.466 e. The molecule has 0 aliphatic heterocycles. The Morgan fingerprint density at radius 1 is 0.761 bits per heavy atom. The highest BCUT2D eigenvalue weighted by Gasteiger charge is 2.16. The van der Waals surface area contributed by atoms with Crippen molar-refractivity contribution < 1.29 is 9.53 Å². The van der Waals surface area contributed by atoms with Crippen LogP contribution in [0.1, 0.15) is 86.9 Å². The van der Waals surface area contributed by atoms with Gasteiger partial charge in [0.15, 0.2) is 0 Å². The fourth-order valence-electron chi connectivity index (χ4n) is 6.43. The van der Waals surface area contributed by atoms with Gasteiger partial charge in [0.2, 0.25) is 0 Å². The summed E-state index contributed by atoms with van der Waals surface area (Å²) in [6, 6.07) is 35.8. The maximum Gasteiger partial charge on any atom is 0.305 e. The van der Waals surface area contributed by atoms with E-state index in [1.807, 2.05) is 6.92 Å². The predicted octanol–water partition coefficient (Wildman–Crippen LogP) is 10.2. The van der Waals surface area contributed by atoms with Gasteiger partial charge in [0.25, 0.3) is 0 Å². The Balaban J connectivity index is 1.38. The van der Waals surface area contributed by atoms with Crippen molar-refractivity contribution in [2.45, 2.75) is 79.3 Å². The van der Waals surface area contributed by atoms with Crippen molar-refractivity contribution >= 4 is 22.6 Å². The van der Waals surface area contributed by atoms with Gasteiger partial charge in [0.1, 0.15) is 0 Å². The Kier molecular flexibility index (Phi) is 11.4. The van der Waals surface area contributed by atoms with Gasteiger partial charge in [-0.25, -0.2) is 0 Å². The summed E-state index contributed by atoms with van der Waals surface area (Å²) in [7, 11) is 0. The summed E-state index contributed by atoms with van der Waals surface area (Å²) in [5, 5.41) is 5.16. The molecule has 5 rings (SSSR count). The highest BCUT2D eigenvalue weighted by Crippen LogP contribution is 2.30. The van der Waals surface area contributed by atoms with Crippen molar-refractivity contribution in [1.82, 2.24) is 4.57 Å². The second-order valence-electron chi connectivity index (χ2n) is 13.4. The fourth-order valence-corrected chi connectivity index (χ4v) is 6.43. The minimum absolute atomic E-state index is 0.0396. The average Bonchev–Trinajstić information content (AvgIpc) is 3.37. The third-order valence-corrected chi connectivity index (χ3v) is 8.50. The van der Waals surface area contributed by atoms with Gasteiger partial charge in [0, 0.05) is 35.8 Å². The molecular formula is C42H50N2O2. The van der Waals surface area contributed by atoms with Crippen LogP contribution in [0, 0.1) is 11.8 Å². The van der Waals surface area contributed by atoms with Crippen LogP contribution in [-0.4, -0.2) is 17.1 Å². The van der Waals surface area contributed by atoms with E-state index in [-0.39, 0.29) is 12.0 Å². The van der Waals surface area contributed by atoms with Gasteiger partial charge < -0.3 is 14.6 Å². The molecule has 4 aromatic carbocycles. The molecule has 0 amide bonds. The van der Waals surface area contributed by atoms with E-state index in [0.29, 0.717) is 24.9 Å². The molecule has 0 unspecified atom stereocenters. The van der Waals surface area contributed by atoms with E-state index in [9.17, 15) is 4.79 Å². The number of anilines is 1. The van der Waals surface area contributed by atoms with E-state index in [0.717, 1.165) is 37.9 Å². The molecule has 1 aromatic heterocycles. The maximum atomic E-state index is 11.9. The van der Waals surface area contributed by atoms with Gasteiger partial charge in [-0.2, -0.15) is 0 Å². The number of hydrogen-bond donors (Lipinski definition) is 1. The van der Waals surface area contributed by atoms with Crippen molar-refractivity contribution in [1.29, 1.82) is 0 Å². The quantitative estimate of drug-likeness (QED) is 0.119. The van der Waals surface area contributed by atoms with Crippen molar-refractivity contribution in [2.75, 3.05) is 11.9 Å². The van der Waals surface area contributed by atoms with E-state index < -0.39 is 0 Å². The van der Waals surface area contributed by atoms with Crippen molar-refractivity contribution in [3.8, 4) is 0 Å². The normalized spacial score (nSPS) is 11.6. The number of carbonyl (C=O) groups is 1. The standard InChI is InChI=1S/C42H50N2O2/c1-6-46-41(45)15-10-24-44-29-37(39-13-7-8-14-40(39)44)27-34-11-9-12-38(28-34)43-42(35-20-16-32(17-21-35)25-30(2)3)36-22-18-33(19-23-36)26-31(4)5/h7-9,11-14,16-23,28-31,42-43H,6,10,15,24-27H2,1-5H3. The Morgan fingerprint density at radius 3 is 2.00 bits per heavy atom. The van der Waals surface area contributed by atoms with Crippen LogP contribution in [0.15, 0.2) is 103 Å². The number of nitrogens with zero attached hydrogens (tertiary/aromatic N) is 1. The number of fused-ring (bicyclic) bond motifs is 1. The van der Waals surface area contributed by atoms with Gasteiger partial charge >= 0.3 is 5.97 Å². The monoisotopic (exact) mass is 614 g/mol. The van der Waals surface area contributed by atoms with Crippen molar-refractivity contribution in [3.63, 3.8) is 0 Å². The lowest BCUT2D eigenvalue weighted by atomic mass is 9.93. The molecule has 5 aromatic rings. The summed E-state index contributed by atoms with van der Waals surface area (Å²) in [5.41, 5.74) is 10.2. The van der Waals surface area contributed by atoms with Gasteiger partial charge in [-0.1, -0.05) is 107 Å². The lowest BCUT2D eigenvalue weighted by Gasteiger charge is -2.22. The predicted molar refractivity (Wildman–Crippen MR) is 192 cm³/mol. The molecule has 0 spiro atoms. The molecule has 240 valence electrons. The number of carbonyl (C=O) groups excluding carboxylic acids is 1. The summed E-state index contributed by atoms with van der Waals surface area (Å²) < 4.78 is 7.42. The van der Waals surface area contributed by atoms with E-state index >= 15 is 0 Å². The molecule has 46 heavy (non-hydrogen) atoms. The van der Waals surface area contributed by atoms with E-state index in [2.05, 4.69) is 141 Å². The summed E-state index contributed by atoms with van der Waals surface area (Å²) in [4.78, 5) is 11.9. The molecule has 1 heterocycles. The summed E-state index contributed by atoms with van der Waals surface area (Å²) >= 11 is 0. The van der Waals surface area contributed by atoms with Crippen LogP contribution >= 0.6 is 0 Å². The number of aryl methyl sites for hydroxylation is 1. The third kappa shape index (κ3) is 8.90. The molecule has 0 radical (unpaired) electrons. The number of esters is 1. The van der Waals surface area contributed by atoms with Crippen LogP contribution in [0.2, 0.25) is 0 Å². The van der Waals surface area contributed by atoms with Gasteiger partial charge in [-0.05, 0) is 96.0 Å². The third-order valence-electron chi connectivity index (χ3n) is 8.50. The van der Waals surface area contributed by atoms with Gasteiger partial charge in [-0.15, -0.1) is 0 Å². The Hall–Kier alpha value is -4.31. The molecule has 0 aliphatic rings. The molecule has 0 atom stereocenters. The second-order valence-corrected chi connectivity index (χ2v) is 13.4. The first-order valence-corrected chi connectivity index (χ1v) is 17.0. The molecule has 0 saturated heterocycles. The van der Waals surface area contributed by atoms with Gasteiger partial charge in [-0.3, -0.25) is 4.79 Å². The van der Waals surface area contributed by atoms with Crippen LogP contribution in [-0.2, 0) is 35.3 Å². The summed E-state index contributed by atoms with van der Waals surface area (Å²) in [6.45, 7) is 12.2. The van der Waals surface area contributed by atoms with Gasteiger partial charge in [0.05, 0.1) is 12.6 Å². The molecule has 4 heteroatoms. The van der Waals surface area contributed by atoms with Crippen LogP contribution in [0.25, 0.3) is 10.9 Å². The Labute approximate surface area is 275 Å². The first-order chi connectivity index (χ1) is 22.3. The molecule has 1 N–H and O–H groups in total. The Morgan fingerprint density at radius 2 is 1.39 bits per heavy atom. The molecule has 4 nitrogen and oxygen atoms in total. The highest BCUT2D eigenvalue weighted by atomic mass is 16.5. The topological polar surface area (TPSA) is 43.3 Å². The van der Waals surface area contributed by atoms with Crippen molar-refractivity contribution in [2.24, 2.45) is 11.8 Å². The average molecular weight is 615 g/mol. The second kappa shape index (κ2) is 15.8. The number of hydrogen-bond acceptors (Lipinski definition) is 3. The van der Waals surface area contributed by atoms with Crippen LogP contribution in [0.5, 0.6) is 0 Å². The lowest BCUT2D eigenvalue weighted by molar-refractivity contribution is -0.143. The zero-order chi connectivity index (χ0) is 32.5.